The summed E-state index contributed by atoms with van der Waals surface area (Å²) in [6.45, 7) is 3.07. The zero-order valence-electron chi connectivity index (χ0n) is 15.7. The third kappa shape index (κ3) is 4.99. The van der Waals surface area contributed by atoms with Crippen molar-refractivity contribution in [2.75, 3.05) is 19.5 Å². The molecule has 28 heavy (non-hydrogen) atoms. The van der Waals surface area contributed by atoms with Crippen LogP contribution in [0.3, 0.4) is 0 Å². The van der Waals surface area contributed by atoms with Gasteiger partial charge in [0.1, 0.15) is 10.8 Å². The van der Waals surface area contributed by atoms with Gasteiger partial charge in [-0.25, -0.2) is 0 Å². The number of carbonyl (C=O) groups is 2. The first-order valence-corrected chi connectivity index (χ1v) is 8.92. The first-order valence-electron chi connectivity index (χ1n) is 8.17. The molecule has 0 heterocycles. The highest BCUT2D eigenvalue weighted by Gasteiger charge is 2.25. The fourth-order valence-electron chi connectivity index (χ4n) is 2.32. The van der Waals surface area contributed by atoms with E-state index in [4.69, 9.17) is 32.7 Å². The lowest BCUT2D eigenvalue weighted by molar-refractivity contribution is -0.126. The molecule has 0 fully saturated rings. The van der Waals surface area contributed by atoms with Gasteiger partial charge in [-0.05, 0) is 43.7 Å². The van der Waals surface area contributed by atoms with Crippen LogP contribution >= 0.6 is 23.2 Å². The van der Waals surface area contributed by atoms with Gasteiger partial charge in [0.2, 0.25) is 6.04 Å². The molecule has 0 aromatic heterocycles. The molecule has 7 nitrogen and oxygen atoms in total. The Morgan fingerprint density at radius 2 is 1.82 bits per heavy atom. The highest BCUT2D eigenvalue weighted by molar-refractivity contribution is 6.34. The van der Waals surface area contributed by atoms with Crippen LogP contribution in [0, 0.1) is 6.92 Å². The van der Waals surface area contributed by atoms with E-state index >= 15 is 0 Å². The minimum Gasteiger partial charge on any atom is -0.495 e. The lowest BCUT2D eigenvalue weighted by Crippen LogP contribution is -2.32. The van der Waals surface area contributed by atoms with Gasteiger partial charge >= 0.3 is 0 Å². The molecule has 2 aromatic rings. The average molecular weight is 424 g/mol. The van der Waals surface area contributed by atoms with E-state index < -0.39 is 17.7 Å². The number of Topliss-reactive ketones (excluding diaryl/α,β-unsaturated/α-hetero) is 1. The Labute approximate surface area is 172 Å². The number of aryl methyl sites for hydroxylation is 1. The molecule has 1 N–H and O–H groups in total. The highest BCUT2D eigenvalue weighted by atomic mass is 35.5. The monoisotopic (exact) mass is 423 g/mol. The summed E-state index contributed by atoms with van der Waals surface area (Å²) in [5.41, 5.74) is 1.55. The molecular formula is C19H19Cl2N3O4. The van der Waals surface area contributed by atoms with Gasteiger partial charge in [-0.15, -0.1) is 0 Å². The molecule has 148 valence electrons. The molecule has 0 aliphatic rings. The molecule has 0 radical (unpaired) electrons. The van der Waals surface area contributed by atoms with Gasteiger partial charge in [0.15, 0.2) is 11.5 Å². The van der Waals surface area contributed by atoms with Crippen LogP contribution in [0.1, 0.15) is 12.5 Å². The van der Waals surface area contributed by atoms with Crippen molar-refractivity contribution >= 4 is 46.3 Å². The van der Waals surface area contributed by atoms with Crippen molar-refractivity contribution in [3.05, 3.63) is 45.9 Å². The van der Waals surface area contributed by atoms with Gasteiger partial charge in [-0.3, -0.25) is 9.59 Å². The van der Waals surface area contributed by atoms with Crippen LogP contribution in [0.5, 0.6) is 11.5 Å². The second-order valence-corrected chi connectivity index (χ2v) is 6.63. The van der Waals surface area contributed by atoms with Crippen molar-refractivity contribution in [3.63, 3.8) is 0 Å². The molecule has 0 saturated heterocycles. The number of azo groups is 1. The van der Waals surface area contributed by atoms with Crippen molar-refractivity contribution in [1.29, 1.82) is 0 Å². The summed E-state index contributed by atoms with van der Waals surface area (Å²) in [6.07, 6.45) is 0. The van der Waals surface area contributed by atoms with Gasteiger partial charge in [0.25, 0.3) is 5.91 Å². The van der Waals surface area contributed by atoms with Crippen molar-refractivity contribution in [2.24, 2.45) is 10.2 Å². The summed E-state index contributed by atoms with van der Waals surface area (Å²) in [6, 6.07) is 6.86. The fraction of sp³-hybridized carbons (Fsp3) is 0.263. The summed E-state index contributed by atoms with van der Waals surface area (Å²) in [5.74, 6) is -0.551. The summed E-state index contributed by atoms with van der Waals surface area (Å²) >= 11 is 12.1. The summed E-state index contributed by atoms with van der Waals surface area (Å²) in [7, 11) is 2.86. The second-order valence-electron chi connectivity index (χ2n) is 5.81. The molecule has 1 amide bonds. The van der Waals surface area contributed by atoms with Crippen LogP contribution in [-0.2, 0) is 9.59 Å². The van der Waals surface area contributed by atoms with E-state index in [-0.39, 0.29) is 16.5 Å². The molecule has 2 aromatic carbocycles. The van der Waals surface area contributed by atoms with Crippen LogP contribution < -0.4 is 14.8 Å². The Hall–Kier alpha value is -2.64. The highest BCUT2D eigenvalue weighted by Crippen LogP contribution is 2.39. The number of anilines is 1. The van der Waals surface area contributed by atoms with Gasteiger partial charge in [0.05, 0.1) is 25.6 Å². The van der Waals surface area contributed by atoms with E-state index in [9.17, 15) is 9.59 Å². The SMILES string of the molecule is COc1ccc(NC(=O)C(N=Nc2cc(Cl)ccc2C)C(C)=O)c(OC)c1Cl. The van der Waals surface area contributed by atoms with Gasteiger partial charge in [0, 0.05) is 5.02 Å². The number of halogens is 2. The Kier molecular flexibility index (Phi) is 7.37. The number of hydrogen-bond acceptors (Lipinski definition) is 6. The molecule has 9 heteroatoms. The van der Waals surface area contributed by atoms with E-state index in [1.807, 2.05) is 6.92 Å². The van der Waals surface area contributed by atoms with Crippen molar-refractivity contribution < 1.29 is 19.1 Å². The van der Waals surface area contributed by atoms with E-state index in [0.717, 1.165) is 5.56 Å². The number of rotatable bonds is 7. The van der Waals surface area contributed by atoms with Crippen LogP contribution in [-0.4, -0.2) is 32.0 Å². The van der Waals surface area contributed by atoms with E-state index in [0.29, 0.717) is 16.5 Å². The number of carbonyl (C=O) groups excluding carboxylic acids is 2. The quantitative estimate of drug-likeness (QED) is 0.501. The zero-order valence-corrected chi connectivity index (χ0v) is 17.3. The fourth-order valence-corrected chi connectivity index (χ4v) is 2.81. The second kappa shape index (κ2) is 9.52. The Balaban J connectivity index is 2.29. The Morgan fingerprint density at radius 1 is 1.11 bits per heavy atom. The smallest absolute Gasteiger partial charge is 0.258 e. The number of ether oxygens (including phenoxy) is 2. The van der Waals surface area contributed by atoms with Crippen molar-refractivity contribution in [1.82, 2.24) is 0 Å². The number of benzene rings is 2. The lowest BCUT2D eigenvalue weighted by atomic mass is 10.2. The van der Waals surface area contributed by atoms with Crippen molar-refractivity contribution in [3.8, 4) is 11.5 Å². The van der Waals surface area contributed by atoms with Gasteiger partial charge in [-0.2, -0.15) is 10.2 Å². The number of ketones is 1. The molecule has 0 aliphatic heterocycles. The molecule has 1 unspecified atom stereocenters. The van der Waals surface area contributed by atoms with E-state index in [1.54, 1.807) is 30.3 Å². The first-order chi connectivity index (χ1) is 13.3. The standard InChI is InChI=1S/C19H19Cl2N3O4/c1-10-5-6-12(20)9-14(10)23-24-17(11(2)25)19(26)22-13-7-8-15(27-3)16(21)18(13)28-4/h5-9,17H,1-4H3,(H,22,26). The molecule has 1 atom stereocenters. The average Bonchev–Trinajstić information content (AvgIpc) is 2.64. The number of hydrogen-bond donors (Lipinski definition) is 1. The maximum Gasteiger partial charge on any atom is 0.258 e. The van der Waals surface area contributed by atoms with E-state index in [2.05, 4.69) is 15.5 Å². The lowest BCUT2D eigenvalue weighted by Gasteiger charge is -2.15. The van der Waals surface area contributed by atoms with Crippen LogP contribution in [0.15, 0.2) is 40.6 Å². The van der Waals surface area contributed by atoms with E-state index in [1.165, 1.54) is 21.1 Å². The van der Waals surface area contributed by atoms with Crippen LogP contribution in [0.25, 0.3) is 0 Å². The topological polar surface area (TPSA) is 89.4 Å². The molecule has 0 aliphatic carbocycles. The summed E-state index contributed by atoms with van der Waals surface area (Å²) in [4.78, 5) is 24.6. The summed E-state index contributed by atoms with van der Waals surface area (Å²) in [5, 5.41) is 11.2. The number of nitrogens with one attached hydrogen (secondary N) is 1. The maximum atomic E-state index is 12.6. The van der Waals surface area contributed by atoms with Crippen LogP contribution in [0.4, 0.5) is 11.4 Å². The molecule has 0 saturated carbocycles. The zero-order chi connectivity index (χ0) is 20.8. The third-order valence-electron chi connectivity index (χ3n) is 3.83. The van der Waals surface area contributed by atoms with Crippen LogP contribution in [0.2, 0.25) is 10.0 Å². The first kappa shape index (κ1) is 21.7. The molecule has 0 spiro atoms. The van der Waals surface area contributed by atoms with Gasteiger partial charge < -0.3 is 14.8 Å². The number of methoxy groups -OCH3 is 2. The van der Waals surface area contributed by atoms with Crippen molar-refractivity contribution in [2.45, 2.75) is 19.9 Å². The largest absolute Gasteiger partial charge is 0.495 e. The summed E-state index contributed by atoms with van der Waals surface area (Å²) < 4.78 is 10.4. The molecule has 2 rings (SSSR count). The normalized spacial score (nSPS) is 11.9. The number of amides is 1. The third-order valence-corrected chi connectivity index (χ3v) is 4.42. The Morgan fingerprint density at radius 3 is 2.43 bits per heavy atom. The predicted molar refractivity (Wildman–Crippen MR) is 108 cm³/mol. The predicted octanol–water partition coefficient (Wildman–Crippen LogP) is 5.00. The Bertz CT molecular complexity index is 932. The minimum atomic E-state index is -1.34. The number of nitrogens with zero attached hydrogens (tertiary/aromatic N) is 2. The molecular weight excluding hydrogens is 405 g/mol. The molecule has 0 bridgehead atoms. The van der Waals surface area contributed by atoms with Gasteiger partial charge in [-0.1, -0.05) is 29.3 Å². The minimum absolute atomic E-state index is 0.193. The maximum absolute atomic E-state index is 12.6.